The van der Waals surface area contributed by atoms with E-state index in [2.05, 4.69) is 4.99 Å². The third-order valence-electron chi connectivity index (χ3n) is 3.93. The van der Waals surface area contributed by atoms with Gasteiger partial charge in [0.1, 0.15) is 10.6 Å². The number of para-hydroxylation sites is 1. The molecule has 0 spiro atoms. The van der Waals surface area contributed by atoms with Crippen LogP contribution in [0.5, 0.6) is 0 Å². The molecule has 26 heavy (non-hydrogen) atoms. The fourth-order valence-electron chi connectivity index (χ4n) is 2.65. The van der Waals surface area contributed by atoms with Crippen LogP contribution in [-0.2, 0) is 10.0 Å². The second-order valence-corrected chi connectivity index (χ2v) is 8.18. The first kappa shape index (κ1) is 18.1. The first-order valence-electron chi connectivity index (χ1n) is 8.44. The van der Waals surface area contributed by atoms with E-state index in [1.807, 2.05) is 61.9 Å². The predicted octanol–water partition coefficient (Wildman–Crippen LogP) is 3.13. The molecule has 5 nitrogen and oxygen atoms in total. The van der Waals surface area contributed by atoms with Crippen LogP contribution in [-0.4, -0.2) is 12.4 Å². The van der Waals surface area contributed by atoms with Crippen molar-refractivity contribution in [1.29, 1.82) is 0 Å². The van der Waals surface area contributed by atoms with Gasteiger partial charge in [-0.3, -0.25) is 0 Å². The van der Waals surface area contributed by atoms with Crippen molar-refractivity contribution in [2.45, 2.75) is 31.7 Å². The Morgan fingerprint density at radius 3 is 2.12 bits per heavy atom. The predicted molar refractivity (Wildman–Crippen MR) is 100 cm³/mol. The molecule has 3 aromatic rings. The molecular formula is C20H22N3O2S+. The number of aromatic nitrogens is 2. The molecule has 0 unspecified atom stereocenters. The molecule has 0 bridgehead atoms. The van der Waals surface area contributed by atoms with Gasteiger partial charge in [-0.1, -0.05) is 41.4 Å². The maximum Gasteiger partial charge on any atom is 0.414 e. The summed E-state index contributed by atoms with van der Waals surface area (Å²) in [5.74, 6) is 0. The SMILES string of the molecule is Cc1cn(S(=O)(=O)c2ccccc2)c(=Nc2ccccc2)[n+](C(C)C)c1. The fraction of sp³-hybridized carbons (Fsp3) is 0.200. The van der Waals surface area contributed by atoms with Gasteiger partial charge in [-0.15, -0.1) is 3.97 Å². The lowest BCUT2D eigenvalue weighted by Gasteiger charge is -2.11. The Hall–Kier alpha value is -2.73. The molecule has 6 heteroatoms. The van der Waals surface area contributed by atoms with Gasteiger partial charge in [0, 0.05) is 5.56 Å². The van der Waals surface area contributed by atoms with Gasteiger partial charge in [0.15, 0.2) is 0 Å². The number of hydrogen-bond acceptors (Lipinski definition) is 3. The lowest BCUT2D eigenvalue weighted by Crippen LogP contribution is -2.57. The van der Waals surface area contributed by atoms with E-state index in [9.17, 15) is 8.42 Å². The third kappa shape index (κ3) is 3.60. The van der Waals surface area contributed by atoms with Crippen LogP contribution in [0.15, 0.2) is 82.9 Å². The largest absolute Gasteiger partial charge is 0.414 e. The van der Waals surface area contributed by atoms with E-state index in [0.29, 0.717) is 11.3 Å². The molecule has 0 aliphatic carbocycles. The number of aryl methyl sites for hydroxylation is 1. The Kier molecular flexibility index (Phi) is 5.04. The van der Waals surface area contributed by atoms with Gasteiger partial charge < -0.3 is 0 Å². The molecule has 0 saturated heterocycles. The smallest absolute Gasteiger partial charge is 0.232 e. The molecule has 2 aromatic carbocycles. The van der Waals surface area contributed by atoms with Crippen molar-refractivity contribution >= 4 is 15.7 Å². The highest BCUT2D eigenvalue weighted by Gasteiger charge is 2.26. The Balaban J connectivity index is 2.37. The van der Waals surface area contributed by atoms with Crippen LogP contribution in [0.4, 0.5) is 5.69 Å². The summed E-state index contributed by atoms with van der Waals surface area (Å²) in [6, 6.07) is 17.8. The highest BCUT2D eigenvalue weighted by Crippen LogP contribution is 2.13. The average molecular weight is 368 g/mol. The number of benzene rings is 2. The van der Waals surface area contributed by atoms with E-state index in [1.54, 1.807) is 36.5 Å². The van der Waals surface area contributed by atoms with Crippen molar-refractivity contribution < 1.29 is 13.0 Å². The second kappa shape index (κ2) is 7.25. The summed E-state index contributed by atoms with van der Waals surface area (Å²) in [6.07, 6.45) is 3.53. The zero-order chi connectivity index (χ0) is 18.7. The molecular weight excluding hydrogens is 346 g/mol. The van der Waals surface area contributed by atoms with E-state index in [-0.39, 0.29) is 10.9 Å². The minimum atomic E-state index is -3.77. The molecule has 3 rings (SSSR count). The molecule has 134 valence electrons. The van der Waals surface area contributed by atoms with Gasteiger partial charge in [-0.05, 0) is 45.0 Å². The van der Waals surface area contributed by atoms with Crippen molar-refractivity contribution in [3.63, 3.8) is 0 Å². The van der Waals surface area contributed by atoms with Gasteiger partial charge in [0.25, 0.3) is 0 Å². The average Bonchev–Trinajstić information content (AvgIpc) is 2.64. The normalized spacial score (nSPS) is 12.5. The summed E-state index contributed by atoms with van der Waals surface area (Å²) < 4.78 is 29.7. The quantitative estimate of drug-likeness (QED) is 0.665. The lowest BCUT2D eigenvalue weighted by molar-refractivity contribution is -0.735. The molecule has 0 fully saturated rings. The maximum absolute atomic E-state index is 13.3. The van der Waals surface area contributed by atoms with Crippen LogP contribution in [0, 0.1) is 6.92 Å². The zero-order valence-corrected chi connectivity index (χ0v) is 15.9. The molecule has 1 aromatic heterocycles. The monoisotopic (exact) mass is 368 g/mol. The van der Waals surface area contributed by atoms with Gasteiger partial charge in [0.05, 0.1) is 18.4 Å². The van der Waals surface area contributed by atoms with Crippen LogP contribution in [0.3, 0.4) is 0 Å². The minimum Gasteiger partial charge on any atom is -0.232 e. The highest BCUT2D eigenvalue weighted by molar-refractivity contribution is 7.90. The van der Waals surface area contributed by atoms with Crippen LogP contribution in [0.25, 0.3) is 0 Å². The van der Waals surface area contributed by atoms with E-state index < -0.39 is 10.0 Å². The topological polar surface area (TPSA) is 55.3 Å². The maximum atomic E-state index is 13.3. The van der Waals surface area contributed by atoms with Gasteiger partial charge in [-0.2, -0.15) is 8.42 Å². The van der Waals surface area contributed by atoms with Gasteiger partial charge in [-0.25, -0.2) is 4.57 Å². The van der Waals surface area contributed by atoms with Crippen molar-refractivity contribution in [2.24, 2.45) is 4.99 Å². The molecule has 0 aliphatic rings. The Bertz CT molecular complexity index is 1070. The Morgan fingerprint density at radius 1 is 0.962 bits per heavy atom. The zero-order valence-electron chi connectivity index (χ0n) is 15.1. The van der Waals surface area contributed by atoms with Gasteiger partial charge in [0.2, 0.25) is 0 Å². The van der Waals surface area contributed by atoms with Crippen LogP contribution in [0.2, 0.25) is 0 Å². The Morgan fingerprint density at radius 2 is 1.54 bits per heavy atom. The standard InChI is InChI=1S/C20H22N3O2S/c1-16(2)22-14-17(3)15-23(20(22)21-18-10-6-4-7-11-18)26(24,25)19-12-8-5-9-13-19/h4-16H,1-3H3/q+1. The summed E-state index contributed by atoms with van der Waals surface area (Å²) >= 11 is 0. The van der Waals surface area contributed by atoms with Crippen molar-refractivity contribution in [1.82, 2.24) is 3.97 Å². The molecule has 0 atom stereocenters. The van der Waals surface area contributed by atoms with Crippen molar-refractivity contribution in [3.05, 3.63) is 84.2 Å². The molecule has 0 aliphatic heterocycles. The second-order valence-electron chi connectivity index (χ2n) is 6.36. The number of nitrogens with zero attached hydrogens (tertiary/aromatic N) is 3. The molecule has 0 N–H and O–H groups in total. The molecule has 1 heterocycles. The molecule has 0 saturated carbocycles. The van der Waals surface area contributed by atoms with E-state index in [0.717, 1.165) is 5.56 Å². The van der Waals surface area contributed by atoms with E-state index >= 15 is 0 Å². The summed E-state index contributed by atoms with van der Waals surface area (Å²) in [4.78, 5) is 4.87. The van der Waals surface area contributed by atoms with Crippen LogP contribution < -0.4 is 10.2 Å². The van der Waals surface area contributed by atoms with Crippen molar-refractivity contribution in [2.75, 3.05) is 0 Å². The summed E-state index contributed by atoms with van der Waals surface area (Å²) in [7, 11) is -3.77. The number of hydrogen-bond donors (Lipinski definition) is 0. The summed E-state index contributed by atoms with van der Waals surface area (Å²) in [5.41, 5.74) is 1.90. The Labute approximate surface area is 154 Å². The first-order valence-corrected chi connectivity index (χ1v) is 9.88. The van der Waals surface area contributed by atoms with Gasteiger partial charge >= 0.3 is 15.6 Å². The van der Waals surface area contributed by atoms with E-state index in [1.165, 1.54) is 3.97 Å². The van der Waals surface area contributed by atoms with Crippen molar-refractivity contribution in [3.8, 4) is 0 Å². The summed E-state index contributed by atoms with van der Waals surface area (Å²) in [5, 5.41) is 0. The van der Waals surface area contributed by atoms with Crippen LogP contribution >= 0.6 is 0 Å². The minimum absolute atomic E-state index is 0.0505. The molecule has 0 amide bonds. The lowest BCUT2D eigenvalue weighted by atomic mass is 10.3. The third-order valence-corrected chi connectivity index (χ3v) is 5.59. The number of rotatable bonds is 4. The van der Waals surface area contributed by atoms with Crippen LogP contribution in [0.1, 0.15) is 25.5 Å². The first-order chi connectivity index (χ1) is 12.4. The fourth-order valence-corrected chi connectivity index (χ4v) is 4.04. The highest BCUT2D eigenvalue weighted by atomic mass is 32.2. The molecule has 0 radical (unpaired) electrons. The van der Waals surface area contributed by atoms with E-state index in [4.69, 9.17) is 0 Å². The summed E-state index contributed by atoms with van der Waals surface area (Å²) in [6.45, 7) is 5.88.